The zero-order chi connectivity index (χ0) is 10.6. The molecule has 0 bridgehead atoms. The van der Waals surface area contributed by atoms with Gasteiger partial charge in [0.15, 0.2) is 0 Å². The summed E-state index contributed by atoms with van der Waals surface area (Å²) in [4.78, 5) is 11.5. The van der Waals surface area contributed by atoms with Crippen molar-refractivity contribution in [2.45, 2.75) is 52.1 Å². The maximum atomic E-state index is 11.5. The monoisotopic (exact) mass is 198 g/mol. The maximum absolute atomic E-state index is 11.5. The Morgan fingerprint density at radius 2 is 2.07 bits per heavy atom. The predicted molar refractivity (Wildman–Crippen MR) is 58.1 cm³/mol. The van der Waals surface area contributed by atoms with Crippen molar-refractivity contribution >= 4 is 5.91 Å². The third-order valence-corrected chi connectivity index (χ3v) is 2.84. The first kappa shape index (κ1) is 11.5. The van der Waals surface area contributed by atoms with E-state index in [9.17, 15) is 4.79 Å². The Hall–Kier alpha value is -0.570. The van der Waals surface area contributed by atoms with E-state index in [-0.39, 0.29) is 11.9 Å². The lowest BCUT2D eigenvalue weighted by Gasteiger charge is -2.21. The van der Waals surface area contributed by atoms with E-state index in [1.165, 1.54) is 12.8 Å². The van der Waals surface area contributed by atoms with Gasteiger partial charge < -0.3 is 10.6 Å². The highest BCUT2D eigenvalue weighted by atomic mass is 16.2. The van der Waals surface area contributed by atoms with Gasteiger partial charge >= 0.3 is 0 Å². The van der Waals surface area contributed by atoms with Crippen LogP contribution in [0.3, 0.4) is 0 Å². The molecule has 0 aromatic rings. The van der Waals surface area contributed by atoms with Crippen molar-refractivity contribution in [1.29, 1.82) is 0 Å². The van der Waals surface area contributed by atoms with E-state index >= 15 is 0 Å². The third kappa shape index (κ3) is 3.29. The van der Waals surface area contributed by atoms with Crippen LogP contribution in [-0.2, 0) is 4.79 Å². The fraction of sp³-hybridized carbons (Fsp3) is 0.909. The Morgan fingerprint density at radius 3 is 2.50 bits per heavy atom. The van der Waals surface area contributed by atoms with E-state index in [1.807, 2.05) is 13.8 Å². The molecule has 0 radical (unpaired) electrons. The van der Waals surface area contributed by atoms with E-state index < -0.39 is 0 Å². The molecule has 3 heteroatoms. The number of hydrogen-bond donors (Lipinski definition) is 2. The predicted octanol–water partition coefficient (Wildman–Crippen LogP) is 1.29. The Balaban J connectivity index is 2.29. The van der Waals surface area contributed by atoms with Crippen LogP contribution in [0.5, 0.6) is 0 Å². The number of rotatable bonds is 6. The molecule has 2 atom stereocenters. The van der Waals surface area contributed by atoms with Crippen molar-refractivity contribution < 1.29 is 4.79 Å². The molecule has 1 aliphatic carbocycles. The van der Waals surface area contributed by atoms with Gasteiger partial charge in [0, 0.05) is 12.6 Å². The van der Waals surface area contributed by atoms with Crippen molar-refractivity contribution in [1.82, 2.24) is 10.6 Å². The fourth-order valence-corrected chi connectivity index (χ4v) is 1.81. The second-order valence-corrected chi connectivity index (χ2v) is 4.14. The molecule has 14 heavy (non-hydrogen) atoms. The number of likely N-dealkylation sites (N-methyl/N-ethyl adjacent to an activating group) is 1. The minimum atomic E-state index is -0.0551. The van der Waals surface area contributed by atoms with Gasteiger partial charge in [-0.2, -0.15) is 0 Å². The van der Waals surface area contributed by atoms with Crippen molar-refractivity contribution in [3.05, 3.63) is 0 Å². The van der Waals surface area contributed by atoms with Gasteiger partial charge in [0.05, 0.1) is 6.04 Å². The zero-order valence-corrected chi connectivity index (χ0v) is 9.47. The van der Waals surface area contributed by atoms with Gasteiger partial charge in [-0.25, -0.2) is 0 Å². The summed E-state index contributed by atoms with van der Waals surface area (Å²) in [5.74, 6) is 0.934. The molecular formula is C11H22N2O. The number of amides is 1. The first-order valence-electron chi connectivity index (χ1n) is 5.72. The maximum Gasteiger partial charge on any atom is 0.236 e. The molecule has 1 fully saturated rings. The molecule has 1 aliphatic rings. The van der Waals surface area contributed by atoms with E-state index in [0.29, 0.717) is 12.6 Å². The summed E-state index contributed by atoms with van der Waals surface area (Å²) in [6, 6.07) is 0.480. The molecule has 0 aliphatic heterocycles. The highest BCUT2D eigenvalue weighted by Crippen LogP contribution is 2.34. The largest absolute Gasteiger partial charge is 0.355 e. The van der Waals surface area contributed by atoms with Crippen LogP contribution < -0.4 is 10.6 Å². The average Bonchev–Trinajstić information content (AvgIpc) is 2.97. The van der Waals surface area contributed by atoms with Gasteiger partial charge in [-0.3, -0.25) is 4.79 Å². The quantitative estimate of drug-likeness (QED) is 0.675. The van der Waals surface area contributed by atoms with Crippen molar-refractivity contribution in [3.63, 3.8) is 0 Å². The molecule has 1 rings (SSSR count). The topological polar surface area (TPSA) is 41.1 Å². The summed E-state index contributed by atoms with van der Waals surface area (Å²) in [6.07, 6.45) is 3.77. The molecule has 0 spiro atoms. The van der Waals surface area contributed by atoms with Crippen LogP contribution in [0.1, 0.15) is 40.0 Å². The molecule has 0 aromatic heterocycles. The number of hydrogen-bond acceptors (Lipinski definition) is 2. The van der Waals surface area contributed by atoms with Gasteiger partial charge in [0.25, 0.3) is 0 Å². The molecule has 0 aromatic carbocycles. The summed E-state index contributed by atoms with van der Waals surface area (Å²) in [7, 11) is 0. The highest BCUT2D eigenvalue weighted by Gasteiger charge is 2.31. The molecule has 0 saturated heterocycles. The van der Waals surface area contributed by atoms with Crippen molar-refractivity contribution in [2.24, 2.45) is 5.92 Å². The van der Waals surface area contributed by atoms with Crippen LogP contribution in [0.2, 0.25) is 0 Å². The van der Waals surface area contributed by atoms with E-state index in [0.717, 1.165) is 12.3 Å². The summed E-state index contributed by atoms with van der Waals surface area (Å²) in [5, 5.41) is 6.23. The minimum Gasteiger partial charge on any atom is -0.355 e. The van der Waals surface area contributed by atoms with Crippen LogP contribution in [-0.4, -0.2) is 24.5 Å². The smallest absolute Gasteiger partial charge is 0.236 e. The number of nitrogens with one attached hydrogen (secondary N) is 2. The molecule has 1 saturated carbocycles. The fourth-order valence-electron chi connectivity index (χ4n) is 1.81. The van der Waals surface area contributed by atoms with Crippen LogP contribution in [0.25, 0.3) is 0 Å². The summed E-state index contributed by atoms with van der Waals surface area (Å²) >= 11 is 0. The Kier molecular flexibility index (Phi) is 4.39. The molecule has 2 N–H and O–H groups in total. The van der Waals surface area contributed by atoms with Gasteiger partial charge in [-0.1, -0.05) is 6.92 Å². The number of carbonyl (C=O) groups is 1. The Morgan fingerprint density at radius 1 is 1.43 bits per heavy atom. The minimum absolute atomic E-state index is 0.0551. The molecular weight excluding hydrogens is 176 g/mol. The van der Waals surface area contributed by atoms with Crippen LogP contribution in [0.15, 0.2) is 0 Å². The molecule has 0 heterocycles. The lowest BCUT2D eigenvalue weighted by atomic mass is 10.1. The van der Waals surface area contributed by atoms with Crippen molar-refractivity contribution in [3.8, 4) is 0 Å². The highest BCUT2D eigenvalue weighted by molar-refractivity contribution is 5.81. The number of carbonyl (C=O) groups excluding carboxylic acids is 1. The standard InChI is InChI=1S/C11H22N2O/c1-4-10(9-6-7-9)13-8(3)11(14)12-5-2/h8-10,13H,4-7H2,1-3H3,(H,12,14). The molecule has 1 amide bonds. The lowest BCUT2D eigenvalue weighted by Crippen LogP contribution is -2.47. The SMILES string of the molecule is CCNC(=O)C(C)NC(CC)C1CC1. The zero-order valence-electron chi connectivity index (χ0n) is 9.47. The normalized spacial score (nSPS) is 20.2. The molecule has 3 nitrogen and oxygen atoms in total. The van der Waals surface area contributed by atoms with Gasteiger partial charge in [-0.15, -0.1) is 0 Å². The van der Waals surface area contributed by atoms with E-state index in [4.69, 9.17) is 0 Å². The van der Waals surface area contributed by atoms with E-state index in [2.05, 4.69) is 17.6 Å². The van der Waals surface area contributed by atoms with Crippen LogP contribution >= 0.6 is 0 Å². The third-order valence-electron chi connectivity index (χ3n) is 2.84. The lowest BCUT2D eigenvalue weighted by molar-refractivity contribution is -0.122. The van der Waals surface area contributed by atoms with Gasteiger partial charge in [0.1, 0.15) is 0 Å². The molecule has 2 unspecified atom stereocenters. The first-order chi connectivity index (χ1) is 6.69. The Labute approximate surface area is 86.6 Å². The summed E-state index contributed by atoms with van der Waals surface area (Å²) in [5.41, 5.74) is 0. The van der Waals surface area contributed by atoms with Crippen LogP contribution in [0.4, 0.5) is 0 Å². The summed E-state index contributed by atoms with van der Waals surface area (Å²) < 4.78 is 0. The van der Waals surface area contributed by atoms with Crippen molar-refractivity contribution in [2.75, 3.05) is 6.54 Å². The van der Waals surface area contributed by atoms with E-state index in [1.54, 1.807) is 0 Å². The second-order valence-electron chi connectivity index (χ2n) is 4.14. The van der Waals surface area contributed by atoms with Gasteiger partial charge in [0.2, 0.25) is 5.91 Å². The molecule has 82 valence electrons. The second kappa shape index (κ2) is 5.35. The van der Waals surface area contributed by atoms with Crippen LogP contribution in [0, 0.1) is 5.92 Å². The summed E-state index contributed by atoms with van der Waals surface area (Å²) in [6.45, 7) is 6.78. The van der Waals surface area contributed by atoms with Gasteiger partial charge in [-0.05, 0) is 39.0 Å². The average molecular weight is 198 g/mol. The Bertz CT molecular complexity index is 190. The first-order valence-corrected chi connectivity index (χ1v) is 5.72.